The fraction of sp³-hybridized carbons (Fsp3) is 0.478. The zero-order valence-electron chi connectivity index (χ0n) is 16.4. The number of para-hydroxylation sites is 1. The highest BCUT2D eigenvalue weighted by Gasteiger charge is 2.22. The molecule has 1 aliphatic rings. The highest BCUT2D eigenvalue weighted by atomic mass is 16.5. The van der Waals surface area contributed by atoms with Crippen LogP contribution in [0.5, 0.6) is 5.75 Å². The summed E-state index contributed by atoms with van der Waals surface area (Å²) >= 11 is 0. The number of hydrogen-bond donors (Lipinski definition) is 1. The van der Waals surface area contributed by atoms with Crippen molar-refractivity contribution in [1.82, 2.24) is 4.90 Å². The molecule has 1 N–H and O–H groups in total. The molecule has 0 saturated carbocycles. The molecular weight excluding hydrogens is 338 g/mol. The largest absolute Gasteiger partial charge is 0.491 e. The predicted octanol–water partition coefficient (Wildman–Crippen LogP) is 3.72. The summed E-state index contributed by atoms with van der Waals surface area (Å²) in [6.45, 7) is 7.64. The van der Waals surface area contributed by atoms with E-state index in [2.05, 4.69) is 36.9 Å². The van der Waals surface area contributed by atoms with Gasteiger partial charge in [0.15, 0.2) is 0 Å². The lowest BCUT2D eigenvalue weighted by atomic mass is 10.0. The first-order valence-electron chi connectivity index (χ1n) is 9.86. The molecule has 2 aromatic carbocycles. The van der Waals surface area contributed by atoms with Crippen LogP contribution >= 0.6 is 0 Å². The van der Waals surface area contributed by atoms with Crippen LogP contribution in [-0.4, -0.2) is 48.5 Å². The number of aryl methyl sites for hydroxylation is 2. The second-order valence-corrected chi connectivity index (χ2v) is 7.54. The van der Waals surface area contributed by atoms with Crippen LogP contribution in [0.1, 0.15) is 29.5 Å². The molecule has 4 nitrogen and oxygen atoms in total. The molecule has 4 heteroatoms. The van der Waals surface area contributed by atoms with Gasteiger partial charge >= 0.3 is 0 Å². The van der Waals surface area contributed by atoms with E-state index < -0.39 is 6.10 Å². The number of ether oxygens (including phenoxy) is 2. The predicted molar refractivity (Wildman–Crippen MR) is 108 cm³/mol. The first-order chi connectivity index (χ1) is 13.1. The smallest absolute Gasteiger partial charge is 0.119 e. The molecule has 1 saturated heterocycles. The first kappa shape index (κ1) is 19.9. The van der Waals surface area contributed by atoms with Gasteiger partial charge in [-0.1, -0.05) is 42.0 Å². The quantitative estimate of drug-likeness (QED) is 0.731. The minimum atomic E-state index is -0.544. The Bertz CT molecular complexity index is 698. The Hall–Kier alpha value is -1.88. The third-order valence-electron chi connectivity index (χ3n) is 5.03. The molecule has 3 rings (SSSR count). The van der Waals surface area contributed by atoms with Crippen molar-refractivity contribution in [3.8, 4) is 5.75 Å². The van der Waals surface area contributed by atoms with Crippen LogP contribution < -0.4 is 4.74 Å². The van der Waals surface area contributed by atoms with Gasteiger partial charge in [0.25, 0.3) is 0 Å². The summed E-state index contributed by atoms with van der Waals surface area (Å²) in [5, 5.41) is 10.5. The van der Waals surface area contributed by atoms with E-state index in [9.17, 15) is 5.11 Å². The topological polar surface area (TPSA) is 41.9 Å². The standard InChI is InChI=1S/C23H31NO3/c1-18-10-11-20(19(2)13-18)14-24(16-23-9-6-12-26-23)15-21(25)17-27-22-7-4-3-5-8-22/h3-5,7-8,10-11,13,21,23,25H,6,9,12,14-17H2,1-2H3/t21-,23-/m0/s1. The van der Waals surface area contributed by atoms with E-state index in [4.69, 9.17) is 9.47 Å². The average Bonchev–Trinajstić information content (AvgIpc) is 3.16. The molecule has 0 aromatic heterocycles. The molecular formula is C23H31NO3. The lowest BCUT2D eigenvalue weighted by Crippen LogP contribution is -2.39. The number of aliphatic hydroxyl groups excluding tert-OH is 1. The monoisotopic (exact) mass is 369 g/mol. The molecule has 0 bridgehead atoms. The first-order valence-corrected chi connectivity index (χ1v) is 9.86. The summed E-state index contributed by atoms with van der Waals surface area (Å²) < 4.78 is 11.5. The Morgan fingerprint density at radius 2 is 2.00 bits per heavy atom. The van der Waals surface area contributed by atoms with Crippen molar-refractivity contribution in [3.05, 3.63) is 65.2 Å². The van der Waals surface area contributed by atoms with Crippen molar-refractivity contribution < 1.29 is 14.6 Å². The van der Waals surface area contributed by atoms with Gasteiger partial charge in [-0.05, 0) is 49.9 Å². The van der Waals surface area contributed by atoms with E-state index in [1.165, 1.54) is 16.7 Å². The van der Waals surface area contributed by atoms with Crippen molar-refractivity contribution >= 4 is 0 Å². The number of nitrogens with zero attached hydrogens (tertiary/aromatic N) is 1. The van der Waals surface area contributed by atoms with E-state index in [0.717, 1.165) is 38.3 Å². The molecule has 1 fully saturated rings. The average molecular weight is 370 g/mol. The Kier molecular flexibility index (Phi) is 7.27. The van der Waals surface area contributed by atoms with Crippen molar-refractivity contribution in [2.24, 2.45) is 0 Å². The fourth-order valence-electron chi connectivity index (χ4n) is 3.60. The third kappa shape index (κ3) is 6.35. The summed E-state index contributed by atoms with van der Waals surface area (Å²) in [7, 11) is 0. The highest BCUT2D eigenvalue weighted by molar-refractivity contribution is 5.30. The van der Waals surface area contributed by atoms with Crippen LogP contribution in [0.3, 0.4) is 0 Å². The van der Waals surface area contributed by atoms with Crippen LogP contribution in [0.25, 0.3) is 0 Å². The van der Waals surface area contributed by atoms with E-state index in [-0.39, 0.29) is 6.10 Å². The Morgan fingerprint density at radius 1 is 1.19 bits per heavy atom. The maximum Gasteiger partial charge on any atom is 0.119 e. The summed E-state index contributed by atoms with van der Waals surface area (Å²) in [6, 6.07) is 16.2. The molecule has 0 radical (unpaired) electrons. The summed E-state index contributed by atoms with van der Waals surface area (Å²) in [6.07, 6.45) is 1.94. The van der Waals surface area contributed by atoms with Gasteiger partial charge in [0.05, 0.1) is 6.10 Å². The molecule has 0 amide bonds. The molecule has 1 aliphatic heterocycles. The summed E-state index contributed by atoms with van der Waals surface area (Å²) in [4.78, 5) is 2.30. The SMILES string of the molecule is Cc1ccc(CN(C[C@H](O)COc2ccccc2)C[C@@H]2CCCO2)c(C)c1. The molecule has 146 valence electrons. The van der Waals surface area contributed by atoms with Gasteiger partial charge < -0.3 is 14.6 Å². The second kappa shape index (κ2) is 9.88. The number of aliphatic hydroxyl groups is 1. The maximum absolute atomic E-state index is 10.5. The zero-order valence-corrected chi connectivity index (χ0v) is 16.4. The number of rotatable bonds is 9. The maximum atomic E-state index is 10.5. The molecule has 27 heavy (non-hydrogen) atoms. The van der Waals surface area contributed by atoms with Gasteiger partial charge in [0, 0.05) is 26.2 Å². The van der Waals surface area contributed by atoms with Crippen molar-refractivity contribution in [3.63, 3.8) is 0 Å². The molecule has 2 atom stereocenters. The van der Waals surface area contributed by atoms with Gasteiger partial charge in [0.1, 0.15) is 18.5 Å². The molecule has 1 heterocycles. The summed E-state index contributed by atoms with van der Waals surface area (Å²) in [5.41, 5.74) is 3.87. The van der Waals surface area contributed by atoms with E-state index in [0.29, 0.717) is 13.2 Å². The lowest BCUT2D eigenvalue weighted by molar-refractivity contribution is 0.0313. The second-order valence-electron chi connectivity index (χ2n) is 7.54. The fourth-order valence-corrected chi connectivity index (χ4v) is 3.60. The molecule has 0 aliphatic carbocycles. The van der Waals surface area contributed by atoms with Crippen LogP contribution in [0.15, 0.2) is 48.5 Å². The van der Waals surface area contributed by atoms with E-state index >= 15 is 0 Å². The van der Waals surface area contributed by atoms with Crippen LogP contribution in [0, 0.1) is 13.8 Å². The number of benzene rings is 2. The third-order valence-corrected chi connectivity index (χ3v) is 5.03. The molecule has 0 unspecified atom stereocenters. The van der Waals surface area contributed by atoms with Crippen LogP contribution in [0.2, 0.25) is 0 Å². The Balaban J connectivity index is 1.59. The van der Waals surface area contributed by atoms with Gasteiger partial charge in [-0.3, -0.25) is 4.90 Å². The van der Waals surface area contributed by atoms with E-state index in [1.807, 2.05) is 30.3 Å². The minimum Gasteiger partial charge on any atom is -0.491 e. The number of hydrogen-bond acceptors (Lipinski definition) is 4. The van der Waals surface area contributed by atoms with Crippen molar-refractivity contribution in [2.75, 3.05) is 26.3 Å². The van der Waals surface area contributed by atoms with Crippen LogP contribution in [-0.2, 0) is 11.3 Å². The Morgan fingerprint density at radius 3 is 2.70 bits per heavy atom. The molecule has 2 aromatic rings. The Labute approximate surface area is 162 Å². The van der Waals surface area contributed by atoms with Gasteiger partial charge in [-0.2, -0.15) is 0 Å². The zero-order chi connectivity index (χ0) is 19.1. The van der Waals surface area contributed by atoms with Gasteiger partial charge in [0.2, 0.25) is 0 Å². The van der Waals surface area contributed by atoms with Gasteiger partial charge in [-0.15, -0.1) is 0 Å². The lowest BCUT2D eigenvalue weighted by Gasteiger charge is -2.28. The minimum absolute atomic E-state index is 0.262. The highest BCUT2D eigenvalue weighted by Crippen LogP contribution is 2.18. The normalized spacial score (nSPS) is 18.0. The van der Waals surface area contributed by atoms with Crippen LogP contribution in [0.4, 0.5) is 0 Å². The van der Waals surface area contributed by atoms with E-state index in [1.54, 1.807) is 0 Å². The van der Waals surface area contributed by atoms with Gasteiger partial charge in [-0.25, -0.2) is 0 Å². The summed E-state index contributed by atoms with van der Waals surface area (Å²) in [5.74, 6) is 0.789. The van der Waals surface area contributed by atoms with Crippen molar-refractivity contribution in [1.29, 1.82) is 0 Å². The van der Waals surface area contributed by atoms with Crippen molar-refractivity contribution in [2.45, 2.75) is 45.4 Å². The molecule has 0 spiro atoms.